The van der Waals surface area contributed by atoms with Crippen LogP contribution in [0.4, 0.5) is 4.79 Å². The number of amides is 2. The molecule has 0 aromatic rings. The minimum atomic E-state index is -0.280. The van der Waals surface area contributed by atoms with E-state index in [2.05, 4.69) is 6.07 Å². The van der Waals surface area contributed by atoms with E-state index in [1.807, 2.05) is 0 Å². The second-order valence-electron chi connectivity index (χ2n) is 4.96. The second-order valence-corrected chi connectivity index (χ2v) is 4.96. The molecular formula is C12H20N4O. The van der Waals surface area contributed by atoms with Crippen LogP contribution in [0.15, 0.2) is 0 Å². The van der Waals surface area contributed by atoms with Crippen molar-refractivity contribution >= 4 is 6.03 Å². The summed E-state index contributed by atoms with van der Waals surface area (Å²) in [6, 6.07) is 1.89. The van der Waals surface area contributed by atoms with Gasteiger partial charge >= 0.3 is 6.03 Å². The highest BCUT2D eigenvalue weighted by atomic mass is 16.2. The Morgan fingerprint density at radius 1 is 1.24 bits per heavy atom. The Morgan fingerprint density at radius 3 is 2.59 bits per heavy atom. The van der Waals surface area contributed by atoms with E-state index in [1.165, 1.54) is 11.4 Å². The van der Waals surface area contributed by atoms with Crippen molar-refractivity contribution in [2.75, 3.05) is 6.54 Å². The van der Waals surface area contributed by atoms with Gasteiger partial charge in [0.25, 0.3) is 0 Å². The largest absolute Gasteiger partial charge is 0.335 e. The van der Waals surface area contributed by atoms with E-state index in [9.17, 15) is 4.79 Å². The maximum Gasteiger partial charge on any atom is 0.335 e. The summed E-state index contributed by atoms with van der Waals surface area (Å²) in [7, 11) is 0. The van der Waals surface area contributed by atoms with Gasteiger partial charge in [-0.3, -0.25) is 5.01 Å². The molecule has 1 saturated carbocycles. The molecule has 5 heteroatoms. The maximum atomic E-state index is 12.2. The van der Waals surface area contributed by atoms with Gasteiger partial charge < -0.3 is 4.90 Å². The first-order valence-corrected chi connectivity index (χ1v) is 6.48. The molecule has 2 rings (SSSR count). The highest BCUT2D eigenvalue weighted by Gasteiger charge is 2.33. The summed E-state index contributed by atoms with van der Waals surface area (Å²) < 4.78 is 0. The van der Waals surface area contributed by atoms with Crippen molar-refractivity contribution in [3.63, 3.8) is 0 Å². The molecule has 17 heavy (non-hydrogen) atoms. The second kappa shape index (κ2) is 5.37. The van der Waals surface area contributed by atoms with Gasteiger partial charge in [-0.05, 0) is 25.7 Å². The van der Waals surface area contributed by atoms with E-state index >= 15 is 0 Å². The van der Waals surface area contributed by atoms with Crippen LogP contribution in [-0.2, 0) is 0 Å². The van der Waals surface area contributed by atoms with Crippen LogP contribution in [0.1, 0.15) is 44.9 Å². The molecular weight excluding hydrogens is 216 g/mol. The summed E-state index contributed by atoms with van der Waals surface area (Å²) in [5.74, 6) is 5.92. The van der Waals surface area contributed by atoms with Gasteiger partial charge in [0.2, 0.25) is 0 Å². The number of nitriles is 1. The Balaban J connectivity index is 1.96. The average molecular weight is 236 g/mol. The topological polar surface area (TPSA) is 73.4 Å². The lowest BCUT2D eigenvalue weighted by atomic mass is 9.95. The third kappa shape index (κ3) is 2.52. The number of rotatable bonds is 1. The zero-order valence-corrected chi connectivity index (χ0v) is 10.1. The molecule has 0 spiro atoms. The highest BCUT2D eigenvalue weighted by molar-refractivity contribution is 5.75. The number of hydrogen-bond donors (Lipinski definition) is 1. The molecule has 0 radical (unpaired) electrons. The minimum absolute atomic E-state index is 0.163. The molecule has 0 bridgehead atoms. The predicted octanol–water partition coefficient (Wildman–Crippen LogP) is 1.60. The van der Waals surface area contributed by atoms with Gasteiger partial charge in [-0.2, -0.15) is 5.26 Å². The third-order valence-corrected chi connectivity index (χ3v) is 3.84. The smallest absolute Gasteiger partial charge is 0.308 e. The van der Waals surface area contributed by atoms with Crippen LogP contribution >= 0.6 is 0 Å². The van der Waals surface area contributed by atoms with Crippen molar-refractivity contribution in [1.29, 1.82) is 5.26 Å². The van der Waals surface area contributed by atoms with Crippen molar-refractivity contribution < 1.29 is 4.79 Å². The summed E-state index contributed by atoms with van der Waals surface area (Å²) in [6.45, 7) is 0.664. The Kier molecular flexibility index (Phi) is 3.85. The minimum Gasteiger partial charge on any atom is -0.308 e. The van der Waals surface area contributed by atoms with E-state index in [0.717, 1.165) is 38.5 Å². The Bertz CT molecular complexity index is 319. The summed E-state index contributed by atoms with van der Waals surface area (Å²) in [5.41, 5.74) is 0. The maximum absolute atomic E-state index is 12.2. The zero-order valence-electron chi connectivity index (χ0n) is 10.1. The number of likely N-dealkylation sites (tertiary alicyclic amines) is 1. The highest BCUT2D eigenvalue weighted by Crippen LogP contribution is 2.24. The molecule has 0 aromatic heterocycles. The van der Waals surface area contributed by atoms with Crippen molar-refractivity contribution in [3.05, 3.63) is 0 Å². The number of hydrazine groups is 1. The molecule has 1 atom stereocenters. The Morgan fingerprint density at radius 2 is 1.94 bits per heavy atom. The van der Waals surface area contributed by atoms with Crippen molar-refractivity contribution in [2.24, 2.45) is 5.84 Å². The van der Waals surface area contributed by atoms with Crippen LogP contribution < -0.4 is 5.84 Å². The van der Waals surface area contributed by atoms with E-state index < -0.39 is 0 Å². The SMILES string of the molecule is N#CC1CCCN1C(=O)N(N)C1CCCCC1. The molecule has 2 N–H and O–H groups in total. The van der Waals surface area contributed by atoms with Crippen molar-refractivity contribution in [1.82, 2.24) is 9.91 Å². The lowest BCUT2D eigenvalue weighted by Gasteiger charge is -2.34. The molecule has 1 saturated heterocycles. The van der Waals surface area contributed by atoms with Gasteiger partial charge in [-0.15, -0.1) is 0 Å². The quantitative estimate of drug-likeness (QED) is 0.427. The summed E-state index contributed by atoms with van der Waals surface area (Å²) in [4.78, 5) is 13.8. The predicted molar refractivity (Wildman–Crippen MR) is 63.6 cm³/mol. The Hall–Kier alpha value is -1.28. The molecule has 0 aromatic carbocycles. The van der Waals surface area contributed by atoms with Gasteiger partial charge in [-0.25, -0.2) is 10.6 Å². The summed E-state index contributed by atoms with van der Waals surface area (Å²) in [5, 5.41) is 10.3. The number of nitrogens with zero attached hydrogens (tertiary/aromatic N) is 3. The number of carbonyl (C=O) groups is 1. The number of hydrogen-bond acceptors (Lipinski definition) is 3. The molecule has 2 fully saturated rings. The molecule has 1 aliphatic carbocycles. The molecule has 2 amide bonds. The van der Waals surface area contributed by atoms with Crippen LogP contribution in [0.3, 0.4) is 0 Å². The summed E-state index contributed by atoms with van der Waals surface area (Å²) >= 11 is 0. The number of urea groups is 1. The molecule has 1 heterocycles. The fraction of sp³-hybridized carbons (Fsp3) is 0.833. The molecule has 1 unspecified atom stereocenters. The van der Waals surface area contributed by atoms with Crippen LogP contribution in [-0.4, -0.2) is 34.6 Å². The van der Waals surface area contributed by atoms with E-state index in [0.29, 0.717) is 6.54 Å². The standard InChI is InChI=1S/C12H20N4O/c13-9-11-7-4-8-15(11)12(17)16(14)10-5-2-1-3-6-10/h10-11H,1-8,14H2. The van der Waals surface area contributed by atoms with E-state index in [1.54, 1.807) is 4.90 Å². The van der Waals surface area contributed by atoms with Crippen molar-refractivity contribution in [2.45, 2.75) is 57.0 Å². The van der Waals surface area contributed by atoms with E-state index in [-0.39, 0.29) is 18.1 Å². The molecule has 94 valence electrons. The first-order valence-electron chi connectivity index (χ1n) is 6.48. The molecule has 2 aliphatic rings. The van der Waals surface area contributed by atoms with Crippen LogP contribution in [0.2, 0.25) is 0 Å². The van der Waals surface area contributed by atoms with Crippen LogP contribution in [0.5, 0.6) is 0 Å². The average Bonchev–Trinajstić information content (AvgIpc) is 2.86. The number of carbonyl (C=O) groups excluding carboxylic acids is 1. The zero-order chi connectivity index (χ0) is 12.3. The van der Waals surface area contributed by atoms with E-state index in [4.69, 9.17) is 11.1 Å². The van der Waals surface area contributed by atoms with Gasteiger partial charge in [0.15, 0.2) is 0 Å². The van der Waals surface area contributed by atoms with Crippen LogP contribution in [0.25, 0.3) is 0 Å². The monoisotopic (exact) mass is 236 g/mol. The lowest BCUT2D eigenvalue weighted by Crippen LogP contribution is -2.53. The molecule has 5 nitrogen and oxygen atoms in total. The van der Waals surface area contributed by atoms with Crippen molar-refractivity contribution in [3.8, 4) is 6.07 Å². The van der Waals surface area contributed by atoms with Gasteiger partial charge in [-0.1, -0.05) is 19.3 Å². The Labute approximate surface area is 102 Å². The van der Waals surface area contributed by atoms with Gasteiger partial charge in [0.05, 0.1) is 6.07 Å². The van der Waals surface area contributed by atoms with Gasteiger partial charge in [0, 0.05) is 12.6 Å². The lowest BCUT2D eigenvalue weighted by molar-refractivity contribution is 0.122. The van der Waals surface area contributed by atoms with Crippen LogP contribution in [0, 0.1) is 11.3 Å². The fourth-order valence-corrected chi connectivity index (χ4v) is 2.79. The summed E-state index contributed by atoms with van der Waals surface area (Å²) in [6.07, 6.45) is 7.20. The van der Waals surface area contributed by atoms with Gasteiger partial charge in [0.1, 0.15) is 6.04 Å². The first kappa shape index (κ1) is 12.2. The normalized spacial score (nSPS) is 25.6. The third-order valence-electron chi connectivity index (χ3n) is 3.84. The number of nitrogens with two attached hydrogens (primary N) is 1. The fourth-order valence-electron chi connectivity index (χ4n) is 2.79. The first-order chi connectivity index (χ1) is 8.24. The molecule has 1 aliphatic heterocycles.